The topological polar surface area (TPSA) is 60.2 Å². The van der Waals surface area contributed by atoms with Gasteiger partial charge in [0.25, 0.3) is 5.91 Å². The molecule has 0 unspecified atom stereocenters. The Bertz CT molecular complexity index is 1310. The van der Waals surface area contributed by atoms with Crippen molar-refractivity contribution in [1.29, 1.82) is 5.26 Å². The van der Waals surface area contributed by atoms with Crippen molar-refractivity contribution in [3.05, 3.63) is 88.8 Å². The average molecular weight is 453 g/mol. The predicted molar refractivity (Wildman–Crippen MR) is 132 cm³/mol. The minimum atomic E-state index is 0.0756. The van der Waals surface area contributed by atoms with Gasteiger partial charge >= 0.3 is 0 Å². The SMILES string of the molecule is N#Cc1ccc(CN2CCCN(C(=O)c3cc(-c4cccs4)nc4ccccc34)CC2)cc1. The van der Waals surface area contributed by atoms with Crippen molar-refractivity contribution in [2.45, 2.75) is 13.0 Å². The molecule has 4 aromatic rings. The molecular formula is C27H24N4OS. The van der Waals surface area contributed by atoms with Crippen LogP contribution in [-0.2, 0) is 6.54 Å². The van der Waals surface area contributed by atoms with Crippen LogP contribution in [0.15, 0.2) is 72.1 Å². The van der Waals surface area contributed by atoms with Gasteiger partial charge < -0.3 is 4.90 Å². The van der Waals surface area contributed by atoms with Crippen molar-refractivity contribution < 1.29 is 4.79 Å². The molecule has 1 aliphatic rings. The number of hydrogen-bond donors (Lipinski definition) is 0. The smallest absolute Gasteiger partial charge is 0.254 e. The van der Waals surface area contributed by atoms with Gasteiger partial charge in [-0.05, 0) is 47.7 Å². The van der Waals surface area contributed by atoms with Crippen molar-refractivity contribution in [2.75, 3.05) is 26.2 Å². The summed E-state index contributed by atoms with van der Waals surface area (Å²) in [6.07, 6.45) is 0.933. The van der Waals surface area contributed by atoms with Gasteiger partial charge in [0.2, 0.25) is 0 Å². The largest absolute Gasteiger partial charge is 0.337 e. The fourth-order valence-electron chi connectivity index (χ4n) is 4.35. The van der Waals surface area contributed by atoms with Crippen LogP contribution in [-0.4, -0.2) is 46.9 Å². The van der Waals surface area contributed by atoms with E-state index < -0.39 is 0 Å². The Kier molecular flexibility index (Phi) is 6.16. The highest BCUT2D eigenvalue weighted by atomic mass is 32.1. The molecule has 1 aliphatic heterocycles. The number of carbonyl (C=O) groups excluding carboxylic acids is 1. The lowest BCUT2D eigenvalue weighted by Crippen LogP contribution is -2.35. The first kappa shape index (κ1) is 21.3. The average Bonchev–Trinajstić information content (AvgIpc) is 3.30. The summed E-state index contributed by atoms with van der Waals surface area (Å²) in [5.41, 5.74) is 4.30. The maximum absolute atomic E-state index is 13.7. The summed E-state index contributed by atoms with van der Waals surface area (Å²) < 4.78 is 0. The minimum Gasteiger partial charge on any atom is -0.337 e. The van der Waals surface area contributed by atoms with Crippen molar-refractivity contribution in [1.82, 2.24) is 14.8 Å². The van der Waals surface area contributed by atoms with E-state index in [1.165, 1.54) is 5.56 Å². The molecule has 2 aromatic heterocycles. The number of thiophene rings is 1. The van der Waals surface area contributed by atoms with Crippen LogP contribution in [0.25, 0.3) is 21.5 Å². The Labute approximate surface area is 197 Å². The van der Waals surface area contributed by atoms with Gasteiger partial charge in [-0.3, -0.25) is 9.69 Å². The molecule has 5 nitrogen and oxygen atoms in total. The number of nitriles is 1. The minimum absolute atomic E-state index is 0.0756. The molecule has 164 valence electrons. The number of rotatable bonds is 4. The molecule has 0 radical (unpaired) electrons. The first-order chi connectivity index (χ1) is 16.2. The van der Waals surface area contributed by atoms with E-state index in [9.17, 15) is 4.79 Å². The molecule has 1 amide bonds. The summed E-state index contributed by atoms with van der Waals surface area (Å²) in [5.74, 6) is 0.0756. The van der Waals surface area contributed by atoms with Crippen LogP contribution in [0.4, 0.5) is 0 Å². The van der Waals surface area contributed by atoms with E-state index in [0.29, 0.717) is 12.1 Å². The van der Waals surface area contributed by atoms with E-state index in [1.54, 1.807) is 11.3 Å². The van der Waals surface area contributed by atoms with Crippen LogP contribution in [0.1, 0.15) is 27.9 Å². The third kappa shape index (κ3) is 4.65. The number of benzene rings is 2. The monoisotopic (exact) mass is 452 g/mol. The maximum Gasteiger partial charge on any atom is 0.254 e. The highest BCUT2D eigenvalue weighted by Gasteiger charge is 2.23. The van der Waals surface area contributed by atoms with Crippen LogP contribution >= 0.6 is 11.3 Å². The Morgan fingerprint density at radius 3 is 2.64 bits per heavy atom. The molecule has 0 spiro atoms. The molecule has 0 N–H and O–H groups in total. The van der Waals surface area contributed by atoms with Crippen LogP contribution in [0.3, 0.4) is 0 Å². The van der Waals surface area contributed by atoms with E-state index in [-0.39, 0.29) is 5.91 Å². The van der Waals surface area contributed by atoms with Gasteiger partial charge in [0.1, 0.15) is 0 Å². The zero-order chi connectivity index (χ0) is 22.6. The van der Waals surface area contributed by atoms with E-state index in [0.717, 1.165) is 59.6 Å². The molecule has 1 saturated heterocycles. The van der Waals surface area contributed by atoms with Crippen LogP contribution in [0, 0.1) is 11.3 Å². The molecule has 33 heavy (non-hydrogen) atoms. The standard InChI is InChI=1S/C27H24N4OS/c28-18-20-8-10-21(11-9-20)19-30-12-4-13-31(15-14-30)27(32)23-17-25(26-7-3-16-33-26)29-24-6-2-1-5-22(23)24/h1-3,5-11,16-17H,4,12-15,19H2. The van der Waals surface area contributed by atoms with E-state index in [2.05, 4.69) is 11.0 Å². The fourth-order valence-corrected chi connectivity index (χ4v) is 5.03. The predicted octanol–water partition coefficient (Wildman–Crippen LogP) is 5.18. The number of nitrogens with zero attached hydrogens (tertiary/aromatic N) is 4. The number of fused-ring (bicyclic) bond motifs is 1. The van der Waals surface area contributed by atoms with Crippen molar-refractivity contribution in [2.24, 2.45) is 0 Å². The van der Waals surface area contributed by atoms with Crippen LogP contribution in [0.5, 0.6) is 0 Å². The Morgan fingerprint density at radius 1 is 1.00 bits per heavy atom. The third-order valence-electron chi connectivity index (χ3n) is 6.09. The van der Waals surface area contributed by atoms with Crippen molar-refractivity contribution >= 4 is 28.1 Å². The van der Waals surface area contributed by atoms with Crippen LogP contribution < -0.4 is 0 Å². The first-order valence-corrected chi connectivity index (χ1v) is 12.0. The molecule has 2 aromatic carbocycles. The van der Waals surface area contributed by atoms with E-state index >= 15 is 0 Å². The summed E-state index contributed by atoms with van der Waals surface area (Å²) >= 11 is 1.64. The number of pyridine rings is 1. The van der Waals surface area contributed by atoms with Crippen molar-refractivity contribution in [3.63, 3.8) is 0 Å². The van der Waals surface area contributed by atoms with Gasteiger partial charge in [0.05, 0.1) is 33.3 Å². The quantitative estimate of drug-likeness (QED) is 0.428. The normalized spacial score (nSPS) is 14.7. The number of hydrogen-bond acceptors (Lipinski definition) is 5. The first-order valence-electron chi connectivity index (χ1n) is 11.2. The highest BCUT2D eigenvalue weighted by molar-refractivity contribution is 7.13. The molecule has 1 fully saturated rings. The summed E-state index contributed by atoms with van der Waals surface area (Å²) in [6.45, 7) is 4.04. The lowest BCUT2D eigenvalue weighted by Gasteiger charge is -2.23. The second kappa shape index (κ2) is 9.53. The zero-order valence-electron chi connectivity index (χ0n) is 18.3. The van der Waals surface area contributed by atoms with Gasteiger partial charge in [-0.15, -0.1) is 11.3 Å². The second-order valence-electron chi connectivity index (χ2n) is 8.28. The number of aromatic nitrogens is 1. The summed E-state index contributed by atoms with van der Waals surface area (Å²) in [4.78, 5) is 23.9. The number of carbonyl (C=O) groups is 1. The Balaban J connectivity index is 1.36. The van der Waals surface area contributed by atoms with Gasteiger partial charge in [-0.2, -0.15) is 5.26 Å². The van der Waals surface area contributed by atoms with Gasteiger partial charge in [-0.25, -0.2) is 4.98 Å². The summed E-state index contributed by atoms with van der Waals surface area (Å²) in [6, 6.07) is 23.8. The molecule has 0 saturated carbocycles. The molecule has 5 rings (SSSR count). The molecule has 3 heterocycles. The number of amides is 1. The molecule has 0 aliphatic carbocycles. The summed E-state index contributed by atoms with van der Waals surface area (Å²) in [5, 5.41) is 11.9. The van der Waals surface area contributed by atoms with Crippen LogP contribution in [0.2, 0.25) is 0 Å². The summed E-state index contributed by atoms with van der Waals surface area (Å²) in [7, 11) is 0. The number of para-hydroxylation sites is 1. The molecule has 0 bridgehead atoms. The highest BCUT2D eigenvalue weighted by Crippen LogP contribution is 2.28. The zero-order valence-corrected chi connectivity index (χ0v) is 19.1. The lowest BCUT2D eigenvalue weighted by atomic mass is 10.1. The second-order valence-corrected chi connectivity index (χ2v) is 9.23. The van der Waals surface area contributed by atoms with Crippen molar-refractivity contribution in [3.8, 4) is 16.6 Å². The third-order valence-corrected chi connectivity index (χ3v) is 6.98. The molecule has 6 heteroatoms. The Hall–Kier alpha value is -3.53. The van der Waals surface area contributed by atoms with Gasteiger partial charge in [0, 0.05) is 38.1 Å². The Morgan fingerprint density at radius 2 is 1.85 bits per heavy atom. The van der Waals surface area contributed by atoms with Gasteiger partial charge in [-0.1, -0.05) is 36.4 Å². The lowest BCUT2D eigenvalue weighted by molar-refractivity contribution is 0.0763. The fraction of sp³-hybridized carbons (Fsp3) is 0.222. The maximum atomic E-state index is 13.7. The molecular weight excluding hydrogens is 428 g/mol. The van der Waals surface area contributed by atoms with Gasteiger partial charge in [0.15, 0.2) is 0 Å². The van der Waals surface area contributed by atoms with E-state index in [1.807, 2.05) is 77.0 Å². The molecule has 0 atom stereocenters. The van der Waals surface area contributed by atoms with E-state index in [4.69, 9.17) is 10.2 Å².